The number of rotatable bonds is 3. The second kappa shape index (κ2) is 6.36. The molecule has 2 aromatic rings. The summed E-state index contributed by atoms with van der Waals surface area (Å²) in [6, 6.07) is 7.81. The lowest BCUT2D eigenvalue weighted by atomic mass is 10.2. The van der Waals surface area contributed by atoms with E-state index in [0.717, 1.165) is 40.7 Å². The van der Waals surface area contributed by atoms with Crippen molar-refractivity contribution in [3.8, 4) is 10.6 Å². The van der Waals surface area contributed by atoms with Gasteiger partial charge in [-0.3, -0.25) is 4.79 Å². The number of nitrogens with one attached hydrogen (secondary N) is 1. The quantitative estimate of drug-likeness (QED) is 0.936. The Labute approximate surface area is 139 Å². The molecule has 1 atom stereocenters. The van der Waals surface area contributed by atoms with Crippen molar-refractivity contribution in [1.82, 2.24) is 15.2 Å². The Hall–Kier alpha value is -1.43. The standard InChI is InChI=1S/C16H18ClN3OS/c1-10-14(16(21)20(2)13-7-8-18-9-13)22-15(19-10)11-3-5-12(17)6-4-11/h3-6,13,18H,7-9H2,1-2H3. The van der Waals surface area contributed by atoms with Crippen LogP contribution in [0.5, 0.6) is 0 Å². The third-order valence-electron chi connectivity index (χ3n) is 3.98. The normalized spacial score (nSPS) is 17.7. The lowest BCUT2D eigenvalue weighted by Gasteiger charge is -2.23. The SMILES string of the molecule is Cc1nc(-c2ccc(Cl)cc2)sc1C(=O)N(C)C1CCNC1. The highest BCUT2D eigenvalue weighted by atomic mass is 35.5. The second-order valence-electron chi connectivity index (χ2n) is 5.50. The van der Waals surface area contributed by atoms with Gasteiger partial charge in [-0.2, -0.15) is 0 Å². The summed E-state index contributed by atoms with van der Waals surface area (Å²) in [5.41, 5.74) is 1.78. The smallest absolute Gasteiger partial charge is 0.265 e. The van der Waals surface area contributed by atoms with E-state index in [4.69, 9.17) is 11.6 Å². The maximum Gasteiger partial charge on any atom is 0.265 e. The first-order chi connectivity index (χ1) is 10.6. The van der Waals surface area contributed by atoms with E-state index >= 15 is 0 Å². The predicted molar refractivity (Wildman–Crippen MR) is 90.7 cm³/mol. The first-order valence-corrected chi connectivity index (χ1v) is 8.47. The summed E-state index contributed by atoms with van der Waals surface area (Å²) >= 11 is 7.36. The van der Waals surface area contributed by atoms with E-state index in [1.165, 1.54) is 11.3 Å². The molecule has 0 spiro atoms. The molecule has 4 nitrogen and oxygen atoms in total. The largest absolute Gasteiger partial charge is 0.337 e. The highest BCUT2D eigenvalue weighted by molar-refractivity contribution is 7.17. The van der Waals surface area contributed by atoms with Crippen LogP contribution < -0.4 is 5.32 Å². The molecule has 0 bridgehead atoms. The molecule has 1 aromatic heterocycles. The summed E-state index contributed by atoms with van der Waals surface area (Å²) < 4.78 is 0. The minimum absolute atomic E-state index is 0.0592. The fourth-order valence-electron chi connectivity index (χ4n) is 2.61. The van der Waals surface area contributed by atoms with Crippen molar-refractivity contribution in [2.75, 3.05) is 20.1 Å². The van der Waals surface area contributed by atoms with Crippen molar-refractivity contribution in [3.05, 3.63) is 39.9 Å². The lowest BCUT2D eigenvalue weighted by Crippen LogP contribution is -2.38. The Bertz CT molecular complexity index is 677. The number of hydrogen-bond acceptors (Lipinski definition) is 4. The van der Waals surface area contributed by atoms with Gasteiger partial charge in [-0.1, -0.05) is 23.7 Å². The maximum absolute atomic E-state index is 12.7. The van der Waals surface area contributed by atoms with E-state index in [9.17, 15) is 4.79 Å². The molecule has 1 fully saturated rings. The number of amides is 1. The molecule has 22 heavy (non-hydrogen) atoms. The fourth-order valence-corrected chi connectivity index (χ4v) is 3.79. The molecule has 2 heterocycles. The number of carbonyl (C=O) groups excluding carboxylic acids is 1. The molecule has 0 saturated carbocycles. The third-order valence-corrected chi connectivity index (χ3v) is 5.43. The number of aryl methyl sites for hydroxylation is 1. The van der Waals surface area contributed by atoms with E-state index in [-0.39, 0.29) is 11.9 Å². The van der Waals surface area contributed by atoms with Crippen LogP contribution in [0, 0.1) is 6.92 Å². The van der Waals surface area contributed by atoms with Gasteiger partial charge < -0.3 is 10.2 Å². The van der Waals surface area contributed by atoms with Crippen LogP contribution in [0.1, 0.15) is 21.8 Å². The summed E-state index contributed by atoms with van der Waals surface area (Å²) in [5.74, 6) is 0.0592. The van der Waals surface area contributed by atoms with E-state index in [1.54, 1.807) is 0 Å². The Kier molecular flexibility index (Phi) is 4.47. The molecule has 116 valence electrons. The first-order valence-electron chi connectivity index (χ1n) is 7.27. The van der Waals surface area contributed by atoms with Crippen molar-refractivity contribution in [3.63, 3.8) is 0 Å². The van der Waals surface area contributed by atoms with Crippen LogP contribution in [-0.2, 0) is 0 Å². The number of carbonyl (C=O) groups is 1. The maximum atomic E-state index is 12.7. The fraction of sp³-hybridized carbons (Fsp3) is 0.375. The van der Waals surface area contributed by atoms with Crippen LogP contribution >= 0.6 is 22.9 Å². The summed E-state index contributed by atoms with van der Waals surface area (Å²) in [6.45, 7) is 3.73. The molecule has 3 rings (SSSR count). The molecular formula is C16H18ClN3OS. The summed E-state index contributed by atoms with van der Waals surface area (Å²) in [4.78, 5) is 19.8. The number of benzene rings is 1. The van der Waals surface area contributed by atoms with Gasteiger partial charge in [-0.25, -0.2) is 4.98 Å². The number of aromatic nitrogens is 1. The highest BCUT2D eigenvalue weighted by Crippen LogP contribution is 2.30. The molecule has 1 saturated heterocycles. The van der Waals surface area contributed by atoms with Crippen LogP contribution in [0.4, 0.5) is 0 Å². The Balaban J connectivity index is 1.85. The van der Waals surface area contributed by atoms with Crippen LogP contribution in [0.3, 0.4) is 0 Å². The number of halogens is 1. The zero-order valence-electron chi connectivity index (χ0n) is 12.6. The van der Waals surface area contributed by atoms with Crippen molar-refractivity contribution in [1.29, 1.82) is 0 Å². The van der Waals surface area contributed by atoms with Gasteiger partial charge >= 0.3 is 0 Å². The molecule has 1 aliphatic heterocycles. The van der Waals surface area contributed by atoms with E-state index < -0.39 is 0 Å². The second-order valence-corrected chi connectivity index (χ2v) is 6.94. The minimum atomic E-state index is 0.0592. The highest BCUT2D eigenvalue weighted by Gasteiger charge is 2.26. The minimum Gasteiger partial charge on any atom is -0.337 e. The van der Waals surface area contributed by atoms with Crippen LogP contribution in [0.2, 0.25) is 5.02 Å². The molecule has 1 amide bonds. The number of likely N-dealkylation sites (N-methyl/N-ethyl adjacent to an activating group) is 1. The molecule has 1 aromatic carbocycles. The molecule has 1 N–H and O–H groups in total. The van der Waals surface area contributed by atoms with Gasteiger partial charge in [0, 0.05) is 30.2 Å². The molecule has 1 aliphatic rings. The van der Waals surface area contributed by atoms with Gasteiger partial charge in [0.05, 0.1) is 5.69 Å². The Morgan fingerprint density at radius 2 is 2.14 bits per heavy atom. The zero-order valence-corrected chi connectivity index (χ0v) is 14.2. The van der Waals surface area contributed by atoms with Gasteiger partial charge in [-0.05, 0) is 32.0 Å². The monoisotopic (exact) mass is 335 g/mol. The average molecular weight is 336 g/mol. The van der Waals surface area contributed by atoms with Crippen LogP contribution in [0.15, 0.2) is 24.3 Å². The third kappa shape index (κ3) is 3.02. The molecule has 6 heteroatoms. The van der Waals surface area contributed by atoms with Crippen LogP contribution in [-0.4, -0.2) is 42.0 Å². The number of thiazole rings is 1. The van der Waals surface area contributed by atoms with Crippen LogP contribution in [0.25, 0.3) is 10.6 Å². The average Bonchev–Trinajstić information content (AvgIpc) is 3.16. The zero-order chi connectivity index (χ0) is 15.7. The van der Waals surface area contributed by atoms with Crippen molar-refractivity contribution in [2.24, 2.45) is 0 Å². The van der Waals surface area contributed by atoms with Crippen molar-refractivity contribution < 1.29 is 4.79 Å². The lowest BCUT2D eigenvalue weighted by molar-refractivity contribution is 0.0747. The predicted octanol–water partition coefficient (Wildman–Crippen LogP) is 3.21. The Morgan fingerprint density at radius 3 is 2.77 bits per heavy atom. The van der Waals surface area contributed by atoms with Gasteiger partial charge in [0.25, 0.3) is 5.91 Å². The molecule has 1 unspecified atom stereocenters. The van der Waals surface area contributed by atoms with Gasteiger partial charge in [-0.15, -0.1) is 11.3 Å². The summed E-state index contributed by atoms with van der Waals surface area (Å²) in [7, 11) is 1.88. The Morgan fingerprint density at radius 1 is 1.41 bits per heavy atom. The topological polar surface area (TPSA) is 45.2 Å². The molecule has 0 radical (unpaired) electrons. The van der Waals surface area contributed by atoms with Gasteiger partial charge in [0.1, 0.15) is 9.88 Å². The first kappa shape index (κ1) is 15.5. The molecule has 0 aliphatic carbocycles. The van der Waals surface area contributed by atoms with Gasteiger partial charge in [0.2, 0.25) is 0 Å². The van der Waals surface area contributed by atoms with E-state index in [0.29, 0.717) is 5.02 Å². The van der Waals surface area contributed by atoms with Gasteiger partial charge in [0.15, 0.2) is 0 Å². The number of nitrogens with zero attached hydrogens (tertiary/aromatic N) is 2. The number of hydrogen-bond donors (Lipinski definition) is 1. The van der Waals surface area contributed by atoms with E-state index in [2.05, 4.69) is 10.3 Å². The van der Waals surface area contributed by atoms with E-state index in [1.807, 2.05) is 43.1 Å². The molecular weight excluding hydrogens is 318 g/mol. The van der Waals surface area contributed by atoms with Crippen molar-refractivity contribution in [2.45, 2.75) is 19.4 Å². The summed E-state index contributed by atoms with van der Waals surface area (Å²) in [6.07, 6.45) is 1.00. The summed E-state index contributed by atoms with van der Waals surface area (Å²) in [5, 5.41) is 4.84. The van der Waals surface area contributed by atoms with Crippen molar-refractivity contribution >= 4 is 28.8 Å².